The van der Waals surface area contributed by atoms with E-state index >= 15 is 0 Å². The number of hydrogen-bond acceptors (Lipinski definition) is 5. The fourth-order valence-corrected chi connectivity index (χ4v) is 3.40. The number of amides is 1. The zero-order valence-corrected chi connectivity index (χ0v) is 14.9. The number of hydrogen-bond donors (Lipinski definition) is 0. The molecule has 1 fully saturated rings. The summed E-state index contributed by atoms with van der Waals surface area (Å²) in [6.45, 7) is 1.39. The highest BCUT2D eigenvalue weighted by atomic mass is 16.2. The van der Waals surface area contributed by atoms with Crippen molar-refractivity contribution in [1.82, 2.24) is 34.2 Å². The first-order chi connectivity index (χ1) is 12.6. The molecule has 1 atom stereocenters. The Morgan fingerprint density at radius 1 is 1.19 bits per heavy atom. The highest BCUT2D eigenvalue weighted by molar-refractivity contribution is 5.92. The van der Waals surface area contributed by atoms with Crippen LogP contribution in [-0.4, -0.2) is 53.2 Å². The first-order valence-corrected chi connectivity index (χ1v) is 8.69. The Labute approximate surface area is 151 Å². The van der Waals surface area contributed by atoms with Gasteiger partial charge in [-0.15, -0.1) is 0 Å². The molecular weight excluding hydrogens is 330 g/mol. The van der Waals surface area contributed by atoms with Crippen molar-refractivity contribution in [3.05, 3.63) is 48.6 Å². The van der Waals surface area contributed by atoms with E-state index in [2.05, 4.69) is 15.1 Å². The molecular formula is C18H21N7O. The van der Waals surface area contributed by atoms with E-state index in [0.717, 1.165) is 36.5 Å². The number of carbonyl (C=O) groups excluding carboxylic acids is 1. The number of aryl methyl sites for hydroxylation is 2. The maximum Gasteiger partial charge on any atom is 0.274 e. The molecule has 8 nitrogen and oxygen atoms in total. The molecule has 1 aliphatic rings. The Morgan fingerprint density at radius 3 is 2.81 bits per heavy atom. The zero-order valence-electron chi connectivity index (χ0n) is 14.9. The van der Waals surface area contributed by atoms with E-state index < -0.39 is 0 Å². The van der Waals surface area contributed by atoms with Crippen molar-refractivity contribution in [3.8, 4) is 11.4 Å². The standard InChI is InChI=1S/C18H21N7O/c1-23-12-20-10-17(23)16-9-19-8-15(21-16)13-4-3-6-25(11-13)18(26)14-5-7-24(2)22-14/h5,7-10,12-13H,3-4,6,11H2,1-2H3/t13-/m1/s1. The Balaban J connectivity index is 1.55. The monoisotopic (exact) mass is 351 g/mol. The van der Waals surface area contributed by atoms with Crippen LogP contribution >= 0.6 is 0 Å². The average Bonchev–Trinajstić information content (AvgIpc) is 3.29. The van der Waals surface area contributed by atoms with Crippen molar-refractivity contribution >= 4 is 5.91 Å². The third kappa shape index (κ3) is 3.10. The van der Waals surface area contributed by atoms with Gasteiger partial charge in [0.15, 0.2) is 0 Å². The highest BCUT2D eigenvalue weighted by Gasteiger charge is 2.27. The fraction of sp³-hybridized carbons (Fsp3) is 0.389. The first kappa shape index (κ1) is 16.4. The minimum Gasteiger partial charge on any atom is -0.337 e. The van der Waals surface area contributed by atoms with E-state index in [1.807, 2.05) is 23.6 Å². The number of nitrogens with zero attached hydrogens (tertiary/aromatic N) is 7. The Morgan fingerprint density at radius 2 is 2.08 bits per heavy atom. The molecule has 4 heterocycles. The van der Waals surface area contributed by atoms with Crippen molar-refractivity contribution in [2.45, 2.75) is 18.8 Å². The maximum atomic E-state index is 12.7. The normalized spacial score (nSPS) is 17.5. The van der Waals surface area contributed by atoms with Gasteiger partial charge in [-0.05, 0) is 18.9 Å². The van der Waals surface area contributed by atoms with Crippen molar-refractivity contribution in [3.63, 3.8) is 0 Å². The molecule has 8 heteroatoms. The number of piperidine rings is 1. The summed E-state index contributed by atoms with van der Waals surface area (Å²) >= 11 is 0. The molecule has 0 spiro atoms. The number of imidazole rings is 1. The molecule has 0 radical (unpaired) electrons. The zero-order chi connectivity index (χ0) is 18.1. The number of aromatic nitrogens is 6. The maximum absolute atomic E-state index is 12.7. The van der Waals surface area contributed by atoms with E-state index in [4.69, 9.17) is 4.98 Å². The van der Waals surface area contributed by atoms with Crippen LogP contribution in [0.3, 0.4) is 0 Å². The molecule has 0 aliphatic carbocycles. The highest BCUT2D eigenvalue weighted by Crippen LogP contribution is 2.27. The SMILES string of the molecule is Cn1ccc(C(=O)N2CCC[C@@H](c3cncc(-c4cncn4C)n3)C2)n1. The summed E-state index contributed by atoms with van der Waals surface area (Å²) in [7, 11) is 3.75. The second-order valence-corrected chi connectivity index (χ2v) is 6.68. The lowest BCUT2D eigenvalue weighted by Gasteiger charge is -2.32. The van der Waals surface area contributed by atoms with Gasteiger partial charge in [-0.2, -0.15) is 5.10 Å². The molecule has 1 amide bonds. The summed E-state index contributed by atoms with van der Waals surface area (Å²) in [4.78, 5) is 27.9. The van der Waals surface area contributed by atoms with Crippen LogP contribution in [0.25, 0.3) is 11.4 Å². The lowest BCUT2D eigenvalue weighted by atomic mass is 9.94. The van der Waals surface area contributed by atoms with Crippen LogP contribution in [0.15, 0.2) is 37.2 Å². The van der Waals surface area contributed by atoms with Crippen LogP contribution in [-0.2, 0) is 14.1 Å². The largest absolute Gasteiger partial charge is 0.337 e. The van der Waals surface area contributed by atoms with Crippen LogP contribution in [0.5, 0.6) is 0 Å². The lowest BCUT2D eigenvalue weighted by molar-refractivity contribution is 0.0699. The third-order valence-corrected chi connectivity index (χ3v) is 4.79. The minimum atomic E-state index is -0.0222. The first-order valence-electron chi connectivity index (χ1n) is 8.69. The smallest absolute Gasteiger partial charge is 0.274 e. The van der Waals surface area contributed by atoms with Gasteiger partial charge in [0.2, 0.25) is 0 Å². The molecule has 0 unspecified atom stereocenters. The van der Waals surface area contributed by atoms with E-state index in [1.165, 1.54) is 0 Å². The summed E-state index contributed by atoms with van der Waals surface area (Å²) < 4.78 is 3.57. The molecule has 1 aliphatic heterocycles. The van der Waals surface area contributed by atoms with Crippen LogP contribution in [0.4, 0.5) is 0 Å². The van der Waals surface area contributed by atoms with Gasteiger partial charge < -0.3 is 9.47 Å². The molecule has 1 saturated heterocycles. The minimum absolute atomic E-state index is 0.0222. The molecule has 3 aromatic rings. The summed E-state index contributed by atoms with van der Waals surface area (Å²) in [5.74, 6) is 0.156. The van der Waals surface area contributed by atoms with E-state index in [-0.39, 0.29) is 11.8 Å². The van der Waals surface area contributed by atoms with Gasteiger partial charge in [-0.3, -0.25) is 14.5 Å². The molecule has 4 rings (SSSR count). The van der Waals surface area contributed by atoms with Crippen LogP contribution in [0, 0.1) is 0 Å². The summed E-state index contributed by atoms with van der Waals surface area (Å²) in [5, 5.41) is 4.23. The fourth-order valence-electron chi connectivity index (χ4n) is 3.40. The summed E-state index contributed by atoms with van der Waals surface area (Å²) in [6, 6.07) is 1.76. The predicted octanol–water partition coefficient (Wildman–Crippen LogP) is 1.63. The number of likely N-dealkylation sites (tertiary alicyclic amines) is 1. The third-order valence-electron chi connectivity index (χ3n) is 4.79. The van der Waals surface area contributed by atoms with Crippen LogP contribution < -0.4 is 0 Å². The molecule has 26 heavy (non-hydrogen) atoms. The van der Waals surface area contributed by atoms with Crippen molar-refractivity contribution < 1.29 is 4.79 Å². The van der Waals surface area contributed by atoms with E-state index in [1.54, 1.807) is 41.9 Å². The van der Waals surface area contributed by atoms with Crippen LogP contribution in [0.2, 0.25) is 0 Å². The topological polar surface area (TPSA) is 81.7 Å². The van der Waals surface area contributed by atoms with Crippen molar-refractivity contribution in [2.24, 2.45) is 14.1 Å². The van der Waals surface area contributed by atoms with Gasteiger partial charge in [0.05, 0.1) is 30.1 Å². The van der Waals surface area contributed by atoms with Gasteiger partial charge in [-0.1, -0.05) is 0 Å². The van der Waals surface area contributed by atoms with E-state index in [9.17, 15) is 4.79 Å². The van der Waals surface area contributed by atoms with Gasteiger partial charge in [0.25, 0.3) is 5.91 Å². The molecule has 134 valence electrons. The summed E-state index contributed by atoms with van der Waals surface area (Å²) in [5.41, 5.74) is 3.14. The molecule has 3 aromatic heterocycles. The molecule has 0 bridgehead atoms. The molecule has 0 N–H and O–H groups in total. The second-order valence-electron chi connectivity index (χ2n) is 6.68. The van der Waals surface area contributed by atoms with Crippen molar-refractivity contribution in [1.29, 1.82) is 0 Å². The Bertz CT molecular complexity index is 929. The van der Waals surface area contributed by atoms with Gasteiger partial charge >= 0.3 is 0 Å². The van der Waals surface area contributed by atoms with Gasteiger partial charge in [-0.25, -0.2) is 9.97 Å². The van der Waals surface area contributed by atoms with Gasteiger partial charge in [0, 0.05) is 45.5 Å². The quantitative estimate of drug-likeness (QED) is 0.716. The average molecular weight is 351 g/mol. The Kier molecular flexibility index (Phi) is 4.24. The Hall–Kier alpha value is -3.03. The van der Waals surface area contributed by atoms with Gasteiger partial charge in [0.1, 0.15) is 11.4 Å². The molecule has 0 saturated carbocycles. The number of rotatable bonds is 3. The lowest BCUT2D eigenvalue weighted by Crippen LogP contribution is -2.39. The van der Waals surface area contributed by atoms with E-state index in [0.29, 0.717) is 12.2 Å². The van der Waals surface area contributed by atoms with Crippen LogP contribution in [0.1, 0.15) is 34.9 Å². The second kappa shape index (κ2) is 6.70. The number of carbonyl (C=O) groups is 1. The summed E-state index contributed by atoms with van der Waals surface area (Å²) in [6.07, 6.45) is 10.8. The van der Waals surface area contributed by atoms with Crippen molar-refractivity contribution in [2.75, 3.05) is 13.1 Å². The molecule has 0 aromatic carbocycles. The predicted molar refractivity (Wildman–Crippen MR) is 95.3 cm³/mol.